The first-order valence-corrected chi connectivity index (χ1v) is 11.4. The van der Waals surface area contributed by atoms with Gasteiger partial charge >= 0.3 is 7.60 Å². The van der Waals surface area contributed by atoms with Gasteiger partial charge in [-0.2, -0.15) is 9.97 Å². The van der Waals surface area contributed by atoms with E-state index in [1.54, 1.807) is 35.2 Å². The largest absolute Gasteiger partial charge is 0.492 e. The smallest absolute Gasteiger partial charge is 0.361 e. The molecule has 0 saturated carbocycles. The molecule has 3 rings (SSSR count). The predicted molar refractivity (Wildman–Crippen MR) is 116 cm³/mol. The van der Waals surface area contributed by atoms with Crippen molar-refractivity contribution in [2.24, 2.45) is 0 Å². The van der Waals surface area contributed by atoms with Crippen LogP contribution in [0.3, 0.4) is 0 Å². The number of nitrogens with two attached hydrogens (primary N) is 1. The minimum absolute atomic E-state index is 0.0777. The summed E-state index contributed by atoms with van der Waals surface area (Å²) in [4.78, 5) is 12.3. The average Bonchev–Trinajstić information content (AvgIpc) is 3.04. The van der Waals surface area contributed by atoms with Crippen LogP contribution in [-0.2, 0) is 20.2 Å². The van der Waals surface area contributed by atoms with Crippen LogP contribution in [-0.4, -0.2) is 38.3 Å². The first-order valence-electron chi connectivity index (χ1n) is 9.52. The van der Waals surface area contributed by atoms with Gasteiger partial charge < -0.3 is 24.1 Å². The van der Waals surface area contributed by atoms with Crippen LogP contribution in [0.1, 0.15) is 27.7 Å². The molecule has 162 valence electrons. The van der Waals surface area contributed by atoms with E-state index in [0.717, 1.165) is 0 Å². The molecule has 11 heteroatoms. The minimum Gasteiger partial charge on any atom is -0.492 e. The van der Waals surface area contributed by atoms with Crippen LogP contribution >= 0.6 is 19.2 Å². The second-order valence-corrected chi connectivity index (χ2v) is 9.43. The van der Waals surface area contributed by atoms with Gasteiger partial charge in [-0.05, 0) is 45.9 Å². The lowest BCUT2D eigenvalue weighted by Crippen LogP contribution is -2.17. The van der Waals surface area contributed by atoms with Crippen molar-refractivity contribution in [3.05, 3.63) is 35.7 Å². The number of benzene rings is 1. The van der Waals surface area contributed by atoms with Crippen molar-refractivity contribution in [2.45, 2.75) is 46.4 Å². The standard InChI is InChI=1S/C19H25ClN5O4P/c1-12(2)28-30(26,29-13(3)4)15-7-5-6-14(10-15)27-9-8-25-11-22-16-17(20)23-19(21)24-18(16)25/h5-7,10-13H,8-9H2,1-4H3,(H2,21,23,24). The number of rotatable bonds is 9. The Morgan fingerprint density at radius 1 is 1.17 bits per heavy atom. The molecule has 0 aliphatic rings. The third kappa shape index (κ3) is 5.29. The van der Waals surface area contributed by atoms with Gasteiger partial charge in [0.05, 0.1) is 30.4 Å². The van der Waals surface area contributed by atoms with Gasteiger partial charge in [-0.25, -0.2) is 4.98 Å². The summed E-state index contributed by atoms with van der Waals surface area (Å²) in [7, 11) is -3.48. The third-order valence-corrected chi connectivity index (χ3v) is 6.45. The summed E-state index contributed by atoms with van der Waals surface area (Å²) in [6, 6.07) is 6.92. The van der Waals surface area contributed by atoms with E-state index < -0.39 is 7.60 Å². The van der Waals surface area contributed by atoms with E-state index in [4.69, 9.17) is 31.1 Å². The van der Waals surface area contributed by atoms with Crippen LogP contribution in [0, 0.1) is 0 Å². The predicted octanol–water partition coefficient (Wildman–Crippen LogP) is 3.81. The average molecular weight is 454 g/mol. The summed E-state index contributed by atoms with van der Waals surface area (Å²) in [5.74, 6) is 0.623. The molecular weight excluding hydrogens is 429 g/mol. The number of halogens is 1. The zero-order valence-electron chi connectivity index (χ0n) is 17.3. The molecule has 0 aliphatic carbocycles. The Labute approximate surface area is 180 Å². The van der Waals surface area contributed by atoms with Crippen molar-refractivity contribution >= 4 is 41.6 Å². The summed E-state index contributed by atoms with van der Waals surface area (Å²) in [5.41, 5.74) is 6.68. The van der Waals surface area contributed by atoms with Gasteiger partial charge in [0.1, 0.15) is 17.9 Å². The molecule has 0 saturated heterocycles. The van der Waals surface area contributed by atoms with Gasteiger partial charge in [-0.3, -0.25) is 4.57 Å². The van der Waals surface area contributed by atoms with E-state index in [9.17, 15) is 4.57 Å². The fourth-order valence-electron chi connectivity index (χ4n) is 2.80. The van der Waals surface area contributed by atoms with E-state index in [1.165, 1.54) is 0 Å². The van der Waals surface area contributed by atoms with Crippen LogP contribution in [0.5, 0.6) is 5.75 Å². The third-order valence-electron chi connectivity index (χ3n) is 3.87. The van der Waals surface area contributed by atoms with Crippen LogP contribution in [0.25, 0.3) is 11.2 Å². The van der Waals surface area contributed by atoms with Crippen molar-refractivity contribution in [1.29, 1.82) is 0 Å². The number of nitrogens with zero attached hydrogens (tertiary/aromatic N) is 4. The molecule has 2 N–H and O–H groups in total. The zero-order chi connectivity index (χ0) is 21.9. The number of nitrogen functional groups attached to an aromatic ring is 1. The van der Waals surface area contributed by atoms with E-state index in [0.29, 0.717) is 35.4 Å². The Morgan fingerprint density at radius 3 is 2.53 bits per heavy atom. The highest BCUT2D eigenvalue weighted by Crippen LogP contribution is 2.49. The fourth-order valence-corrected chi connectivity index (χ4v) is 4.97. The van der Waals surface area contributed by atoms with Crippen LogP contribution in [0.15, 0.2) is 30.6 Å². The maximum Gasteiger partial charge on any atom is 0.361 e. The molecular formula is C19H25ClN5O4P. The highest BCUT2D eigenvalue weighted by Gasteiger charge is 2.30. The van der Waals surface area contributed by atoms with E-state index in [1.807, 2.05) is 27.7 Å². The molecule has 0 amide bonds. The summed E-state index contributed by atoms with van der Waals surface area (Å²) in [6.45, 7) is 8.03. The molecule has 0 atom stereocenters. The molecule has 2 heterocycles. The zero-order valence-corrected chi connectivity index (χ0v) is 18.9. The summed E-state index contributed by atoms with van der Waals surface area (Å²) >= 11 is 6.05. The van der Waals surface area contributed by atoms with Crippen molar-refractivity contribution in [3.63, 3.8) is 0 Å². The van der Waals surface area contributed by atoms with Gasteiger partial charge in [0.25, 0.3) is 0 Å². The quantitative estimate of drug-likeness (QED) is 0.384. The topological polar surface area (TPSA) is 114 Å². The molecule has 0 bridgehead atoms. The molecule has 0 radical (unpaired) electrons. The van der Waals surface area contributed by atoms with E-state index in [-0.39, 0.29) is 23.3 Å². The number of anilines is 1. The number of hydrogen-bond donors (Lipinski definition) is 1. The second-order valence-electron chi connectivity index (χ2n) is 7.13. The molecule has 3 aromatic rings. The Morgan fingerprint density at radius 2 is 1.87 bits per heavy atom. The maximum absolute atomic E-state index is 13.3. The number of hydrogen-bond acceptors (Lipinski definition) is 8. The number of aromatic nitrogens is 4. The Kier molecular flexibility index (Phi) is 6.98. The van der Waals surface area contributed by atoms with Crippen molar-refractivity contribution in [2.75, 3.05) is 12.3 Å². The lowest BCUT2D eigenvalue weighted by atomic mass is 10.3. The van der Waals surface area contributed by atoms with E-state index in [2.05, 4.69) is 15.0 Å². The molecule has 2 aromatic heterocycles. The SMILES string of the molecule is CC(C)OP(=O)(OC(C)C)c1cccc(OCCn2cnc3c(Cl)nc(N)nc32)c1. The van der Waals surface area contributed by atoms with Gasteiger partial charge in [0.2, 0.25) is 5.95 Å². The van der Waals surface area contributed by atoms with Crippen LogP contribution < -0.4 is 15.8 Å². The lowest BCUT2D eigenvalue weighted by Gasteiger charge is -2.23. The summed E-state index contributed by atoms with van der Waals surface area (Å²) < 4.78 is 32.2. The maximum atomic E-state index is 13.3. The van der Waals surface area contributed by atoms with Crippen molar-refractivity contribution in [3.8, 4) is 5.75 Å². The van der Waals surface area contributed by atoms with Gasteiger partial charge in [0.15, 0.2) is 10.8 Å². The fraction of sp³-hybridized carbons (Fsp3) is 0.421. The molecule has 0 aliphatic heterocycles. The van der Waals surface area contributed by atoms with Gasteiger partial charge in [-0.15, -0.1) is 0 Å². The number of ether oxygens (including phenoxy) is 1. The van der Waals surface area contributed by atoms with Gasteiger partial charge in [0, 0.05) is 0 Å². The van der Waals surface area contributed by atoms with E-state index >= 15 is 0 Å². The normalized spacial score (nSPS) is 12.2. The summed E-state index contributed by atoms with van der Waals surface area (Å²) in [6.07, 6.45) is 1.09. The van der Waals surface area contributed by atoms with Crippen molar-refractivity contribution in [1.82, 2.24) is 19.5 Å². The second kappa shape index (κ2) is 9.31. The first kappa shape index (κ1) is 22.5. The van der Waals surface area contributed by atoms with Crippen LogP contribution in [0.4, 0.5) is 5.95 Å². The highest BCUT2D eigenvalue weighted by molar-refractivity contribution is 7.62. The first-order chi connectivity index (χ1) is 14.2. The Bertz CT molecular complexity index is 1060. The molecule has 9 nitrogen and oxygen atoms in total. The van der Waals surface area contributed by atoms with Crippen molar-refractivity contribution < 1.29 is 18.3 Å². The molecule has 0 fully saturated rings. The Hall–Kier alpha value is -2.19. The minimum atomic E-state index is -3.48. The monoisotopic (exact) mass is 453 g/mol. The lowest BCUT2D eigenvalue weighted by molar-refractivity contribution is 0.150. The van der Waals surface area contributed by atoms with Gasteiger partial charge in [-0.1, -0.05) is 17.7 Å². The molecule has 1 aromatic carbocycles. The highest BCUT2D eigenvalue weighted by atomic mass is 35.5. The molecule has 0 spiro atoms. The molecule has 0 unspecified atom stereocenters. The van der Waals surface area contributed by atoms with Crippen LogP contribution in [0.2, 0.25) is 5.15 Å². The number of imidazole rings is 1. The summed E-state index contributed by atoms with van der Waals surface area (Å²) in [5, 5.41) is 0.652. The molecule has 30 heavy (non-hydrogen) atoms. The number of fused-ring (bicyclic) bond motifs is 1. The Balaban J connectivity index is 1.73.